The zero-order valence-corrected chi connectivity index (χ0v) is 16.8. The molecular weight excluding hydrogens is 410 g/mol. The number of hydrogen-bond donors (Lipinski definition) is 7. The molecule has 158 valence electrons. The van der Waals surface area contributed by atoms with Gasteiger partial charge in [0.25, 0.3) is 0 Å². The number of carboxylic acids is 1. The number of carbonyl (C=O) groups excluding carboxylic acids is 4. The molecule has 0 aromatic rings. The summed E-state index contributed by atoms with van der Waals surface area (Å²) < 4.78 is 0. The molecule has 28 heavy (non-hydrogen) atoms. The van der Waals surface area contributed by atoms with Crippen LogP contribution in [0.4, 0.5) is 0 Å². The summed E-state index contributed by atoms with van der Waals surface area (Å²) >= 11 is 7.93. The molecule has 0 aromatic carbocycles. The fourth-order valence-electron chi connectivity index (χ4n) is 2.72. The predicted octanol–water partition coefficient (Wildman–Crippen LogP) is -2.91. The van der Waals surface area contributed by atoms with Gasteiger partial charge in [-0.1, -0.05) is 0 Å². The summed E-state index contributed by atoms with van der Waals surface area (Å²) in [6.07, 6.45) is 0.333. The lowest BCUT2D eigenvalue weighted by Gasteiger charge is -2.28. The first-order chi connectivity index (χ1) is 13.1. The maximum Gasteiger partial charge on any atom is 0.326 e. The second-order valence-corrected chi connectivity index (χ2v) is 7.02. The number of primary amides is 1. The maximum atomic E-state index is 12.6. The second kappa shape index (κ2) is 11.1. The molecule has 1 rings (SSSR count). The van der Waals surface area contributed by atoms with E-state index < -0.39 is 60.2 Å². The van der Waals surface area contributed by atoms with Crippen LogP contribution in [0.15, 0.2) is 0 Å². The van der Waals surface area contributed by atoms with Crippen LogP contribution >= 0.6 is 25.3 Å². The van der Waals surface area contributed by atoms with Gasteiger partial charge >= 0.3 is 5.97 Å². The number of likely N-dealkylation sites (tertiary alicyclic amines) is 1. The van der Waals surface area contributed by atoms with Crippen molar-refractivity contribution in [2.75, 3.05) is 18.1 Å². The molecule has 13 heteroatoms. The molecule has 1 aliphatic heterocycles. The zero-order valence-electron chi connectivity index (χ0n) is 15.0. The molecule has 4 amide bonds. The maximum absolute atomic E-state index is 12.6. The Morgan fingerprint density at radius 3 is 2.18 bits per heavy atom. The number of amides is 4. The summed E-state index contributed by atoms with van der Waals surface area (Å²) in [5, 5.41) is 13.9. The van der Waals surface area contributed by atoms with Crippen LogP contribution in [0.2, 0.25) is 0 Å². The number of carbonyl (C=O) groups is 5. The van der Waals surface area contributed by atoms with Gasteiger partial charge in [0.2, 0.25) is 23.6 Å². The monoisotopic (exact) mass is 435 g/mol. The van der Waals surface area contributed by atoms with Gasteiger partial charge < -0.3 is 32.1 Å². The van der Waals surface area contributed by atoms with E-state index in [4.69, 9.17) is 11.5 Å². The highest BCUT2D eigenvalue weighted by molar-refractivity contribution is 7.80. The molecule has 1 heterocycles. The molecule has 0 aliphatic carbocycles. The van der Waals surface area contributed by atoms with Crippen molar-refractivity contribution in [1.29, 1.82) is 0 Å². The Balaban J connectivity index is 2.87. The van der Waals surface area contributed by atoms with Gasteiger partial charge in [-0.2, -0.15) is 25.3 Å². The summed E-state index contributed by atoms with van der Waals surface area (Å²) in [5.41, 5.74) is 10.7. The average molecular weight is 436 g/mol. The Labute approximate surface area is 172 Å². The number of nitrogens with two attached hydrogens (primary N) is 2. The summed E-state index contributed by atoms with van der Waals surface area (Å²) in [4.78, 5) is 60.8. The first-order valence-corrected chi connectivity index (χ1v) is 9.78. The van der Waals surface area contributed by atoms with Gasteiger partial charge in [0.05, 0.1) is 12.5 Å². The minimum Gasteiger partial charge on any atom is -0.480 e. The van der Waals surface area contributed by atoms with E-state index in [1.807, 2.05) is 0 Å². The Morgan fingerprint density at radius 2 is 1.68 bits per heavy atom. The van der Waals surface area contributed by atoms with Crippen molar-refractivity contribution in [3.05, 3.63) is 0 Å². The number of aliphatic carboxylic acids is 1. The first-order valence-electron chi connectivity index (χ1n) is 8.52. The summed E-state index contributed by atoms with van der Waals surface area (Å²) in [5.74, 6) is -4.23. The molecule has 0 spiro atoms. The van der Waals surface area contributed by atoms with Gasteiger partial charge in [-0.3, -0.25) is 19.2 Å². The van der Waals surface area contributed by atoms with Crippen LogP contribution in [0, 0.1) is 0 Å². The van der Waals surface area contributed by atoms with E-state index in [2.05, 4.69) is 35.9 Å². The molecule has 4 atom stereocenters. The number of nitrogens with zero attached hydrogens (tertiary/aromatic N) is 1. The normalized spacial score (nSPS) is 19.4. The van der Waals surface area contributed by atoms with E-state index in [-0.39, 0.29) is 18.1 Å². The summed E-state index contributed by atoms with van der Waals surface area (Å²) in [6.45, 7) is 0.244. The molecule has 1 aliphatic rings. The van der Waals surface area contributed by atoms with Crippen molar-refractivity contribution in [3.63, 3.8) is 0 Å². The van der Waals surface area contributed by atoms with Crippen molar-refractivity contribution in [2.24, 2.45) is 11.5 Å². The molecule has 1 fully saturated rings. The van der Waals surface area contributed by atoms with E-state index in [0.29, 0.717) is 12.8 Å². The third kappa shape index (κ3) is 6.56. The molecule has 1 saturated heterocycles. The van der Waals surface area contributed by atoms with Crippen LogP contribution in [0.3, 0.4) is 0 Å². The highest BCUT2D eigenvalue weighted by atomic mass is 32.1. The first kappa shape index (κ1) is 24.0. The third-order valence-electron chi connectivity index (χ3n) is 4.19. The highest BCUT2D eigenvalue weighted by Gasteiger charge is 2.38. The molecule has 4 unspecified atom stereocenters. The van der Waals surface area contributed by atoms with Crippen LogP contribution in [0.1, 0.15) is 19.3 Å². The van der Waals surface area contributed by atoms with E-state index in [9.17, 15) is 29.1 Å². The Hall–Kier alpha value is -1.99. The Morgan fingerprint density at radius 1 is 1.07 bits per heavy atom. The number of thiol groups is 2. The van der Waals surface area contributed by atoms with Crippen LogP contribution < -0.4 is 22.1 Å². The predicted molar refractivity (Wildman–Crippen MR) is 106 cm³/mol. The Kier molecular flexibility index (Phi) is 9.55. The largest absolute Gasteiger partial charge is 0.480 e. The molecule has 0 radical (unpaired) electrons. The lowest BCUT2D eigenvalue weighted by molar-refractivity contribution is -0.149. The van der Waals surface area contributed by atoms with Crippen LogP contribution in [-0.2, 0) is 24.0 Å². The van der Waals surface area contributed by atoms with Gasteiger partial charge in [-0.05, 0) is 12.8 Å². The zero-order chi connectivity index (χ0) is 21.4. The average Bonchev–Trinajstić information content (AvgIpc) is 3.13. The summed E-state index contributed by atoms with van der Waals surface area (Å²) in [7, 11) is 0. The topological polar surface area (TPSA) is 185 Å². The molecule has 0 saturated carbocycles. The van der Waals surface area contributed by atoms with Gasteiger partial charge in [0, 0.05) is 18.1 Å². The van der Waals surface area contributed by atoms with Gasteiger partial charge in [0.15, 0.2) is 0 Å². The summed E-state index contributed by atoms with van der Waals surface area (Å²) in [6, 6.07) is -4.46. The minimum absolute atomic E-state index is 0.0139. The molecule has 0 aromatic heterocycles. The van der Waals surface area contributed by atoms with Gasteiger partial charge in [-0.25, -0.2) is 4.79 Å². The number of rotatable bonds is 10. The standard InChI is InChI=1S/C15H25N5O6S2/c16-7(5-27)12(22)18-8(4-11(17)21)13(23)19-9(6-28)14(24)20-3-1-2-10(20)15(25)26/h7-10,27-28H,1-6,16H2,(H2,17,21)(H,18,22)(H,19,23)(H,25,26). The second-order valence-electron chi connectivity index (χ2n) is 6.29. The molecule has 7 N–H and O–H groups in total. The fourth-order valence-corrected chi connectivity index (χ4v) is 3.13. The smallest absolute Gasteiger partial charge is 0.326 e. The van der Waals surface area contributed by atoms with Crippen molar-refractivity contribution < 1.29 is 29.1 Å². The number of hydrogen-bond acceptors (Lipinski definition) is 8. The lowest BCUT2D eigenvalue weighted by Crippen LogP contribution is -2.58. The molecular formula is C15H25N5O6S2. The van der Waals surface area contributed by atoms with Crippen molar-refractivity contribution >= 4 is 54.9 Å². The van der Waals surface area contributed by atoms with Gasteiger partial charge in [-0.15, -0.1) is 0 Å². The quantitative estimate of drug-likeness (QED) is 0.179. The minimum atomic E-state index is -1.35. The lowest BCUT2D eigenvalue weighted by atomic mass is 10.1. The molecule has 11 nitrogen and oxygen atoms in total. The van der Waals surface area contributed by atoms with E-state index in [0.717, 1.165) is 0 Å². The number of carboxylic acid groups (broad SMARTS) is 1. The van der Waals surface area contributed by atoms with Crippen LogP contribution in [-0.4, -0.2) is 81.8 Å². The Bertz CT molecular complexity index is 634. The van der Waals surface area contributed by atoms with Crippen molar-refractivity contribution in [3.8, 4) is 0 Å². The third-order valence-corrected chi connectivity index (χ3v) is 4.95. The van der Waals surface area contributed by atoms with E-state index in [1.165, 1.54) is 4.90 Å². The molecule has 0 bridgehead atoms. The SMILES string of the molecule is NC(=O)CC(NC(=O)C(N)CS)C(=O)NC(CS)C(=O)N1CCCC1C(=O)O. The van der Waals surface area contributed by atoms with E-state index in [1.54, 1.807) is 0 Å². The van der Waals surface area contributed by atoms with Crippen molar-refractivity contribution in [2.45, 2.75) is 43.4 Å². The highest BCUT2D eigenvalue weighted by Crippen LogP contribution is 2.18. The number of nitrogens with one attached hydrogen (secondary N) is 2. The fraction of sp³-hybridized carbons (Fsp3) is 0.667. The van der Waals surface area contributed by atoms with Crippen LogP contribution in [0.25, 0.3) is 0 Å². The van der Waals surface area contributed by atoms with E-state index >= 15 is 0 Å². The van der Waals surface area contributed by atoms with Crippen LogP contribution in [0.5, 0.6) is 0 Å². The van der Waals surface area contributed by atoms with Gasteiger partial charge in [0.1, 0.15) is 18.1 Å². The van der Waals surface area contributed by atoms with Crippen molar-refractivity contribution in [1.82, 2.24) is 15.5 Å².